The highest BCUT2D eigenvalue weighted by Crippen LogP contribution is 2.01. The van der Waals surface area contributed by atoms with E-state index in [-0.39, 0.29) is 25.9 Å². The Labute approximate surface area is 165 Å². The Hall–Kier alpha value is -2.39. The van der Waals surface area contributed by atoms with E-state index in [0.29, 0.717) is 57.1 Å². The second-order valence-electron chi connectivity index (χ2n) is 6.39. The third-order valence-electron chi connectivity index (χ3n) is 3.88. The Morgan fingerprint density at radius 2 is 1.29 bits per heavy atom. The lowest BCUT2D eigenvalue weighted by Gasteiger charge is -2.27. The van der Waals surface area contributed by atoms with Gasteiger partial charge in [-0.25, -0.2) is 14.4 Å². The molecule has 1 aliphatic heterocycles. The summed E-state index contributed by atoms with van der Waals surface area (Å²) in [5, 5.41) is 0. The van der Waals surface area contributed by atoms with Crippen LogP contribution in [0.3, 0.4) is 0 Å². The SMILES string of the molecule is C=C(C)C(=O)OCCN(CCOC(=O)C(=C)C)CCOC(=O)N1CCOCC1. The molecule has 1 rings (SSSR count). The maximum Gasteiger partial charge on any atom is 0.409 e. The van der Waals surface area contributed by atoms with E-state index < -0.39 is 11.9 Å². The molecule has 0 saturated carbocycles. The highest BCUT2D eigenvalue weighted by molar-refractivity contribution is 5.87. The van der Waals surface area contributed by atoms with Gasteiger partial charge in [-0.2, -0.15) is 0 Å². The number of ether oxygens (including phenoxy) is 4. The van der Waals surface area contributed by atoms with Crippen molar-refractivity contribution in [1.29, 1.82) is 0 Å². The van der Waals surface area contributed by atoms with Gasteiger partial charge in [0.25, 0.3) is 0 Å². The monoisotopic (exact) mass is 398 g/mol. The molecule has 9 heteroatoms. The number of hydrogen-bond donors (Lipinski definition) is 0. The van der Waals surface area contributed by atoms with Crippen LogP contribution in [0, 0.1) is 0 Å². The van der Waals surface area contributed by atoms with Gasteiger partial charge in [-0.15, -0.1) is 0 Å². The number of amides is 1. The van der Waals surface area contributed by atoms with Crippen molar-refractivity contribution in [3.63, 3.8) is 0 Å². The van der Waals surface area contributed by atoms with E-state index in [1.807, 2.05) is 4.90 Å². The largest absolute Gasteiger partial charge is 0.461 e. The fourth-order valence-corrected chi connectivity index (χ4v) is 2.22. The summed E-state index contributed by atoms with van der Waals surface area (Å²) in [6, 6.07) is 0. The summed E-state index contributed by atoms with van der Waals surface area (Å²) < 4.78 is 20.7. The van der Waals surface area contributed by atoms with Crippen molar-refractivity contribution in [2.75, 3.05) is 65.8 Å². The third kappa shape index (κ3) is 9.52. The number of morpholine rings is 1. The summed E-state index contributed by atoms with van der Waals surface area (Å²) >= 11 is 0. The fraction of sp³-hybridized carbons (Fsp3) is 0.632. The van der Waals surface area contributed by atoms with Crippen LogP contribution in [0.4, 0.5) is 4.79 Å². The van der Waals surface area contributed by atoms with Gasteiger partial charge in [-0.3, -0.25) is 4.90 Å². The zero-order valence-electron chi connectivity index (χ0n) is 16.7. The van der Waals surface area contributed by atoms with Crippen LogP contribution in [0.2, 0.25) is 0 Å². The van der Waals surface area contributed by atoms with Gasteiger partial charge >= 0.3 is 18.0 Å². The van der Waals surface area contributed by atoms with Crippen LogP contribution in [0.1, 0.15) is 13.8 Å². The summed E-state index contributed by atoms with van der Waals surface area (Å²) in [5.74, 6) is -0.931. The molecule has 0 aromatic heterocycles. The molecule has 9 nitrogen and oxygen atoms in total. The van der Waals surface area contributed by atoms with Gasteiger partial charge in [-0.1, -0.05) is 13.2 Å². The van der Waals surface area contributed by atoms with E-state index in [9.17, 15) is 14.4 Å². The predicted molar refractivity (Wildman–Crippen MR) is 102 cm³/mol. The van der Waals surface area contributed by atoms with Crippen molar-refractivity contribution < 1.29 is 33.3 Å². The number of hydrogen-bond acceptors (Lipinski definition) is 8. The van der Waals surface area contributed by atoms with Crippen molar-refractivity contribution in [1.82, 2.24) is 9.80 Å². The van der Waals surface area contributed by atoms with Gasteiger partial charge in [0.1, 0.15) is 19.8 Å². The second kappa shape index (κ2) is 12.9. The topological polar surface area (TPSA) is 94.6 Å². The van der Waals surface area contributed by atoms with Crippen LogP contribution in [0.15, 0.2) is 24.3 Å². The van der Waals surface area contributed by atoms with Crippen molar-refractivity contribution in [3.8, 4) is 0 Å². The Bertz CT molecular complexity index is 539. The molecule has 0 bridgehead atoms. The average molecular weight is 398 g/mol. The van der Waals surface area contributed by atoms with Crippen LogP contribution < -0.4 is 0 Å². The van der Waals surface area contributed by atoms with Gasteiger partial charge in [0.15, 0.2) is 0 Å². The van der Waals surface area contributed by atoms with Crippen LogP contribution in [-0.2, 0) is 28.5 Å². The first kappa shape index (κ1) is 23.6. The quantitative estimate of drug-likeness (QED) is 0.289. The van der Waals surface area contributed by atoms with Crippen molar-refractivity contribution in [2.24, 2.45) is 0 Å². The third-order valence-corrected chi connectivity index (χ3v) is 3.88. The van der Waals surface area contributed by atoms with Crippen molar-refractivity contribution >= 4 is 18.0 Å². The van der Waals surface area contributed by atoms with Gasteiger partial charge < -0.3 is 23.8 Å². The Morgan fingerprint density at radius 1 is 0.857 bits per heavy atom. The molecular formula is C19H30N2O7. The maximum atomic E-state index is 12.0. The molecule has 0 radical (unpaired) electrons. The van der Waals surface area contributed by atoms with Gasteiger partial charge in [-0.05, 0) is 13.8 Å². The Morgan fingerprint density at radius 3 is 1.71 bits per heavy atom. The molecule has 0 aliphatic carbocycles. The average Bonchev–Trinajstić information content (AvgIpc) is 2.67. The highest BCUT2D eigenvalue weighted by Gasteiger charge is 2.18. The zero-order valence-corrected chi connectivity index (χ0v) is 16.7. The lowest BCUT2D eigenvalue weighted by atomic mass is 10.3. The van der Waals surface area contributed by atoms with E-state index in [2.05, 4.69) is 13.2 Å². The molecule has 0 atom stereocenters. The molecule has 0 N–H and O–H groups in total. The first-order valence-corrected chi connectivity index (χ1v) is 9.18. The predicted octanol–water partition coefficient (Wildman–Crippen LogP) is 0.996. The smallest absolute Gasteiger partial charge is 0.409 e. The number of rotatable bonds is 11. The van der Waals surface area contributed by atoms with Gasteiger partial charge in [0.05, 0.1) is 13.2 Å². The number of carbonyl (C=O) groups is 3. The molecule has 28 heavy (non-hydrogen) atoms. The van der Waals surface area contributed by atoms with Crippen molar-refractivity contribution in [3.05, 3.63) is 24.3 Å². The molecule has 0 spiro atoms. The molecule has 158 valence electrons. The molecule has 0 unspecified atom stereocenters. The molecule has 0 aromatic rings. The minimum atomic E-state index is -0.465. The molecule has 1 aliphatic rings. The standard InChI is InChI=1S/C19H30N2O7/c1-15(2)17(22)26-12-5-20(6-13-27-18(23)16(3)4)7-14-28-19(24)21-8-10-25-11-9-21/h1,3,5-14H2,2,4H3. The lowest BCUT2D eigenvalue weighted by Crippen LogP contribution is -2.42. The van der Waals surface area contributed by atoms with E-state index in [4.69, 9.17) is 18.9 Å². The number of nitrogens with zero attached hydrogens (tertiary/aromatic N) is 2. The molecule has 1 amide bonds. The van der Waals surface area contributed by atoms with Crippen molar-refractivity contribution in [2.45, 2.75) is 13.8 Å². The first-order chi connectivity index (χ1) is 13.3. The Kier molecular flexibility index (Phi) is 10.9. The van der Waals surface area contributed by atoms with Crippen LogP contribution in [-0.4, -0.2) is 93.6 Å². The molecule has 1 fully saturated rings. The molecular weight excluding hydrogens is 368 g/mol. The normalized spacial score (nSPS) is 13.8. The van der Waals surface area contributed by atoms with E-state index in [0.717, 1.165) is 0 Å². The molecule has 1 heterocycles. The second-order valence-corrected chi connectivity index (χ2v) is 6.39. The summed E-state index contributed by atoms with van der Waals surface area (Å²) in [6.07, 6.45) is -0.384. The van der Waals surface area contributed by atoms with E-state index >= 15 is 0 Å². The van der Waals surface area contributed by atoms with Gasteiger partial charge in [0, 0.05) is 43.9 Å². The summed E-state index contributed by atoms with van der Waals surface area (Å²) in [4.78, 5) is 38.4. The van der Waals surface area contributed by atoms with Crippen LogP contribution >= 0.6 is 0 Å². The zero-order chi connectivity index (χ0) is 20.9. The highest BCUT2D eigenvalue weighted by atomic mass is 16.6. The number of carbonyl (C=O) groups excluding carboxylic acids is 3. The molecule has 0 aromatic carbocycles. The maximum absolute atomic E-state index is 12.0. The summed E-state index contributed by atoms with van der Waals surface area (Å²) in [5.41, 5.74) is 0.641. The summed E-state index contributed by atoms with van der Waals surface area (Å²) in [6.45, 7) is 13.9. The number of esters is 2. The fourth-order valence-electron chi connectivity index (χ4n) is 2.22. The minimum Gasteiger partial charge on any atom is -0.461 e. The Balaban J connectivity index is 2.40. The van der Waals surface area contributed by atoms with Crippen LogP contribution in [0.25, 0.3) is 0 Å². The molecule has 1 saturated heterocycles. The summed E-state index contributed by atoms with van der Waals surface area (Å²) in [7, 11) is 0. The van der Waals surface area contributed by atoms with E-state index in [1.54, 1.807) is 18.7 Å². The lowest BCUT2D eigenvalue weighted by molar-refractivity contribution is -0.139. The first-order valence-electron chi connectivity index (χ1n) is 9.18. The van der Waals surface area contributed by atoms with E-state index in [1.165, 1.54) is 0 Å². The van der Waals surface area contributed by atoms with Gasteiger partial charge in [0.2, 0.25) is 0 Å². The van der Waals surface area contributed by atoms with Crippen LogP contribution in [0.5, 0.6) is 0 Å². The minimum absolute atomic E-state index is 0.150.